The first kappa shape index (κ1) is 9.89. The second-order valence-electron chi connectivity index (χ2n) is 1.85. The molecule has 0 radical (unpaired) electrons. The molecule has 1 nitrogen and oxygen atoms in total. The molecule has 0 saturated heterocycles. The Labute approximate surface area is 68.8 Å². The van der Waals surface area contributed by atoms with Crippen LogP contribution < -0.4 is 0 Å². The Balaban J connectivity index is 0.000000461. The number of hydrogen-bond acceptors (Lipinski definition) is 1. The van der Waals surface area contributed by atoms with E-state index in [0.29, 0.717) is 0 Å². The molecular formula is C10H15N. The molecule has 1 heterocycles. The van der Waals surface area contributed by atoms with Crippen molar-refractivity contribution in [2.24, 2.45) is 0 Å². The van der Waals surface area contributed by atoms with E-state index < -0.39 is 0 Å². The number of rotatable bonds is 2. The van der Waals surface area contributed by atoms with Crippen LogP contribution in [0.1, 0.15) is 19.4 Å². The van der Waals surface area contributed by atoms with Crippen LogP contribution in [-0.4, -0.2) is 4.98 Å². The predicted octanol–water partition coefficient (Wildman–Crippen LogP) is 2.84. The van der Waals surface area contributed by atoms with E-state index in [4.69, 9.17) is 0 Å². The molecule has 0 N–H and O–H groups in total. The fourth-order valence-corrected chi connectivity index (χ4v) is 0.686. The van der Waals surface area contributed by atoms with Crippen molar-refractivity contribution in [3.05, 3.63) is 42.7 Å². The zero-order chi connectivity index (χ0) is 8.53. The molecule has 1 aromatic heterocycles. The lowest BCUT2D eigenvalue weighted by atomic mass is 10.2. The summed E-state index contributed by atoms with van der Waals surface area (Å²) in [7, 11) is 0. The molecule has 1 aromatic rings. The SMILES string of the molecule is C=CCc1ccncc1.CC. The highest BCUT2D eigenvalue weighted by molar-refractivity contribution is 5.12. The van der Waals surface area contributed by atoms with Crippen LogP contribution in [0.4, 0.5) is 0 Å². The highest BCUT2D eigenvalue weighted by atomic mass is 14.6. The molecule has 0 aromatic carbocycles. The summed E-state index contributed by atoms with van der Waals surface area (Å²) in [6.07, 6.45) is 6.40. The molecule has 0 spiro atoms. The standard InChI is InChI=1S/C8H9N.C2H6/c1-2-3-8-4-6-9-7-5-8;1-2/h2,4-7H,1,3H2;1-2H3. The van der Waals surface area contributed by atoms with Crippen molar-refractivity contribution in [2.45, 2.75) is 20.3 Å². The number of hydrogen-bond donors (Lipinski definition) is 0. The minimum atomic E-state index is 0.933. The molecule has 0 aliphatic heterocycles. The minimum Gasteiger partial charge on any atom is -0.265 e. The van der Waals surface area contributed by atoms with Crippen molar-refractivity contribution in [3.63, 3.8) is 0 Å². The molecule has 60 valence electrons. The molecular weight excluding hydrogens is 134 g/mol. The summed E-state index contributed by atoms with van der Waals surface area (Å²) >= 11 is 0. The second-order valence-corrected chi connectivity index (χ2v) is 1.85. The van der Waals surface area contributed by atoms with Gasteiger partial charge >= 0.3 is 0 Å². The summed E-state index contributed by atoms with van der Waals surface area (Å²) < 4.78 is 0. The summed E-state index contributed by atoms with van der Waals surface area (Å²) in [5.74, 6) is 0. The topological polar surface area (TPSA) is 12.9 Å². The van der Waals surface area contributed by atoms with Crippen molar-refractivity contribution in [2.75, 3.05) is 0 Å². The Morgan fingerprint density at radius 2 is 1.91 bits per heavy atom. The van der Waals surface area contributed by atoms with Gasteiger partial charge in [-0.3, -0.25) is 4.98 Å². The lowest BCUT2D eigenvalue weighted by Gasteiger charge is -1.90. The van der Waals surface area contributed by atoms with Crippen LogP contribution in [0.15, 0.2) is 37.2 Å². The van der Waals surface area contributed by atoms with E-state index >= 15 is 0 Å². The molecule has 0 unspecified atom stereocenters. The van der Waals surface area contributed by atoms with E-state index in [9.17, 15) is 0 Å². The Morgan fingerprint density at radius 1 is 1.36 bits per heavy atom. The molecule has 0 amide bonds. The van der Waals surface area contributed by atoms with E-state index in [1.807, 2.05) is 32.1 Å². The Hall–Kier alpha value is -1.11. The lowest BCUT2D eigenvalue weighted by molar-refractivity contribution is 1.22. The zero-order valence-electron chi connectivity index (χ0n) is 7.25. The van der Waals surface area contributed by atoms with Crippen LogP contribution in [0, 0.1) is 0 Å². The number of aromatic nitrogens is 1. The molecule has 1 rings (SSSR count). The molecule has 0 fully saturated rings. The molecule has 0 aliphatic carbocycles. The van der Waals surface area contributed by atoms with Gasteiger partial charge in [-0.1, -0.05) is 19.9 Å². The van der Waals surface area contributed by atoms with Crippen LogP contribution in [0.25, 0.3) is 0 Å². The molecule has 11 heavy (non-hydrogen) atoms. The van der Waals surface area contributed by atoms with E-state index in [-0.39, 0.29) is 0 Å². The fourth-order valence-electron chi connectivity index (χ4n) is 0.686. The number of allylic oxidation sites excluding steroid dienone is 1. The highest BCUT2D eigenvalue weighted by Gasteiger charge is 1.82. The molecule has 1 heteroatoms. The predicted molar refractivity (Wildman–Crippen MR) is 49.5 cm³/mol. The first-order valence-electron chi connectivity index (χ1n) is 3.93. The lowest BCUT2D eigenvalue weighted by Crippen LogP contribution is -1.78. The third-order valence-electron chi connectivity index (χ3n) is 1.13. The molecule has 0 aliphatic rings. The summed E-state index contributed by atoms with van der Waals surface area (Å²) in [6.45, 7) is 7.64. The zero-order valence-corrected chi connectivity index (χ0v) is 7.25. The molecule has 0 saturated carbocycles. The maximum Gasteiger partial charge on any atom is 0.0270 e. The van der Waals surface area contributed by atoms with Crippen molar-refractivity contribution in [1.29, 1.82) is 0 Å². The van der Waals surface area contributed by atoms with Gasteiger partial charge in [-0.25, -0.2) is 0 Å². The summed E-state index contributed by atoms with van der Waals surface area (Å²) in [5.41, 5.74) is 1.26. The minimum absolute atomic E-state index is 0.933. The monoisotopic (exact) mass is 149 g/mol. The summed E-state index contributed by atoms with van der Waals surface area (Å²) in [5, 5.41) is 0. The Morgan fingerprint density at radius 3 is 2.36 bits per heavy atom. The van der Waals surface area contributed by atoms with Gasteiger partial charge in [0.2, 0.25) is 0 Å². The maximum absolute atomic E-state index is 3.89. The van der Waals surface area contributed by atoms with Crippen molar-refractivity contribution < 1.29 is 0 Å². The van der Waals surface area contributed by atoms with Crippen molar-refractivity contribution in [1.82, 2.24) is 4.98 Å². The van der Waals surface area contributed by atoms with Crippen LogP contribution in [-0.2, 0) is 6.42 Å². The first-order valence-corrected chi connectivity index (χ1v) is 3.93. The van der Waals surface area contributed by atoms with E-state index in [0.717, 1.165) is 6.42 Å². The maximum atomic E-state index is 3.89. The van der Waals surface area contributed by atoms with Crippen molar-refractivity contribution >= 4 is 0 Å². The van der Waals surface area contributed by atoms with E-state index in [2.05, 4.69) is 11.6 Å². The average Bonchev–Trinajstić information content (AvgIpc) is 2.11. The van der Waals surface area contributed by atoms with Crippen LogP contribution >= 0.6 is 0 Å². The first-order chi connectivity index (χ1) is 5.43. The smallest absolute Gasteiger partial charge is 0.0270 e. The fraction of sp³-hybridized carbons (Fsp3) is 0.300. The van der Waals surface area contributed by atoms with Gasteiger partial charge in [0, 0.05) is 12.4 Å². The quantitative estimate of drug-likeness (QED) is 0.589. The van der Waals surface area contributed by atoms with Crippen LogP contribution in [0.2, 0.25) is 0 Å². The Kier molecular flexibility index (Phi) is 6.30. The normalized spacial score (nSPS) is 7.82. The molecule has 0 atom stereocenters. The van der Waals surface area contributed by atoms with Gasteiger partial charge in [-0.05, 0) is 24.1 Å². The van der Waals surface area contributed by atoms with Gasteiger partial charge in [0.1, 0.15) is 0 Å². The summed E-state index contributed by atoms with van der Waals surface area (Å²) in [4.78, 5) is 3.89. The summed E-state index contributed by atoms with van der Waals surface area (Å²) in [6, 6.07) is 3.98. The van der Waals surface area contributed by atoms with Crippen LogP contribution in [0.5, 0.6) is 0 Å². The third-order valence-corrected chi connectivity index (χ3v) is 1.13. The third kappa shape index (κ3) is 4.31. The van der Waals surface area contributed by atoms with Crippen LogP contribution in [0.3, 0.4) is 0 Å². The van der Waals surface area contributed by atoms with Gasteiger partial charge in [-0.15, -0.1) is 6.58 Å². The number of nitrogens with zero attached hydrogens (tertiary/aromatic N) is 1. The van der Waals surface area contributed by atoms with E-state index in [1.54, 1.807) is 12.4 Å². The van der Waals surface area contributed by atoms with Gasteiger partial charge in [0.15, 0.2) is 0 Å². The van der Waals surface area contributed by atoms with Crippen molar-refractivity contribution in [3.8, 4) is 0 Å². The van der Waals surface area contributed by atoms with Gasteiger partial charge in [0.25, 0.3) is 0 Å². The Bertz CT molecular complexity index is 179. The van der Waals surface area contributed by atoms with Gasteiger partial charge in [0.05, 0.1) is 0 Å². The van der Waals surface area contributed by atoms with Gasteiger partial charge in [-0.2, -0.15) is 0 Å². The number of pyridine rings is 1. The second kappa shape index (κ2) is 7.00. The largest absolute Gasteiger partial charge is 0.265 e. The molecule has 0 bridgehead atoms. The highest BCUT2D eigenvalue weighted by Crippen LogP contribution is 1.96. The van der Waals surface area contributed by atoms with E-state index in [1.165, 1.54) is 5.56 Å². The van der Waals surface area contributed by atoms with Gasteiger partial charge < -0.3 is 0 Å². The average molecular weight is 149 g/mol.